The zero-order chi connectivity index (χ0) is 20.7. The number of ether oxygens (including phenoxy) is 1. The van der Waals surface area contributed by atoms with Gasteiger partial charge in [-0.15, -0.1) is 11.3 Å². The van der Waals surface area contributed by atoms with E-state index in [0.29, 0.717) is 23.8 Å². The van der Waals surface area contributed by atoms with Crippen molar-refractivity contribution in [3.05, 3.63) is 16.1 Å². The van der Waals surface area contributed by atoms with Gasteiger partial charge in [0.2, 0.25) is 5.91 Å². The number of amides is 2. The summed E-state index contributed by atoms with van der Waals surface area (Å²) in [5.41, 5.74) is 5.42. The lowest BCUT2D eigenvalue weighted by Gasteiger charge is -2.34. The van der Waals surface area contributed by atoms with Crippen LogP contribution in [0.3, 0.4) is 0 Å². The summed E-state index contributed by atoms with van der Waals surface area (Å²) >= 11 is 1.22. The number of nitrogens with zero attached hydrogens (tertiary/aromatic N) is 2. The van der Waals surface area contributed by atoms with Crippen LogP contribution in [-0.2, 0) is 14.3 Å². The molecule has 0 saturated carbocycles. The SMILES string of the molecule is CC[C@H](C)CC(=O)N(C)[C@H](C[C@@H](OC(C)=O)c1nc(C(N)=O)cs1)C(C)C. The Labute approximate surface area is 165 Å². The maximum atomic E-state index is 12.6. The van der Waals surface area contributed by atoms with Crippen molar-refractivity contribution in [1.29, 1.82) is 0 Å². The monoisotopic (exact) mass is 397 g/mol. The van der Waals surface area contributed by atoms with E-state index in [-0.39, 0.29) is 23.6 Å². The highest BCUT2D eigenvalue weighted by Gasteiger charge is 2.30. The Morgan fingerprint density at radius 3 is 2.37 bits per heavy atom. The number of primary amides is 1. The number of carbonyl (C=O) groups is 3. The van der Waals surface area contributed by atoms with Crippen LogP contribution in [0.5, 0.6) is 0 Å². The molecular weight excluding hydrogens is 366 g/mol. The number of carbonyl (C=O) groups excluding carboxylic acids is 3. The zero-order valence-electron chi connectivity index (χ0n) is 17.0. The molecule has 2 amide bonds. The van der Waals surface area contributed by atoms with Crippen LogP contribution in [0.1, 0.15) is 75.5 Å². The van der Waals surface area contributed by atoms with Gasteiger partial charge >= 0.3 is 5.97 Å². The molecule has 0 aliphatic rings. The Morgan fingerprint density at radius 2 is 1.93 bits per heavy atom. The van der Waals surface area contributed by atoms with Crippen molar-refractivity contribution in [3.8, 4) is 0 Å². The summed E-state index contributed by atoms with van der Waals surface area (Å²) in [6, 6.07) is -0.133. The average molecular weight is 398 g/mol. The molecule has 7 nitrogen and oxygen atoms in total. The van der Waals surface area contributed by atoms with Crippen molar-refractivity contribution in [3.63, 3.8) is 0 Å². The summed E-state index contributed by atoms with van der Waals surface area (Å²) in [7, 11) is 1.79. The van der Waals surface area contributed by atoms with E-state index in [4.69, 9.17) is 10.5 Å². The molecule has 1 heterocycles. The summed E-state index contributed by atoms with van der Waals surface area (Å²) in [5.74, 6) is -0.521. The van der Waals surface area contributed by atoms with Gasteiger partial charge in [0.1, 0.15) is 10.7 Å². The topological polar surface area (TPSA) is 103 Å². The summed E-state index contributed by atoms with van der Waals surface area (Å²) < 4.78 is 5.46. The van der Waals surface area contributed by atoms with E-state index < -0.39 is 18.0 Å². The maximum Gasteiger partial charge on any atom is 0.303 e. The quantitative estimate of drug-likeness (QED) is 0.611. The van der Waals surface area contributed by atoms with Gasteiger partial charge in [-0.3, -0.25) is 14.4 Å². The smallest absolute Gasteiger partial charge is 0.303 e. The standard InChI is InChI=1S/C19H31N3O4S/c1-7-12(4)8-17(24)22(6)15(11(2)3)9-16(26-13(5)23)19-21-14(10-27-19)18(20)25/h10-12,15-16H,7-9H2,1-6H3,(H2,20,25)/t12-,15+,16+/m0/s1. The first-order chi connectivity index (χ1) is 12.6. The Bertz CT molecular complexity index is 659. The van der Waals surface area contributed by atoms with Crippen LogP contribution in [0.25, 0.3) is 0 Å². The molecule has 8 heteroatoms. The van der Waals surface area contributed by atoms with E-state index in [9.17, 15) is 14.4 Å². The maximum absolute atomic E-state index is 12.6. The molecule has 2 N–H and O–H groups in total. The predicted molar refractivity (Wildman–Crippen MR) is 105 cm³/mol. The number of thiazole rings is 1. The largest absolute Gasteiger partial charge is 0.455 e. The minimum Gasteiger partial charge on any atom is -0.455 e. The Morgan fingerprint density at radius 1 is 1.30 bits per heavy atom. The van der Waals surface area contributed by atoms with Crippen molar-refractivity contribution < 1.29 is 19.1 Å². The minimum absolute atomic E-state index is 0.0709. The van der Waals surface area contributed by atoms with Gasteiger partial charge in [-0.1, -0.05) is 34.1 Å². The van der Waals surface area contributed by atoms with E-state index in [0.717, 1.165) is 6.42 Å². The number of rotatable bonds is 10. The summed E-state index contributed by atoms with van der Waals surface area (Å²) in [5, 5.41) is 2.06. The van der Waals surface area contributed by atoms with Crippen LogP contribution in [0, 0.1) is 11.8 Å². The summed E-state index contributed by atoms with van der Waals surface area (Å²) in [4.78, 5) is 41.5. The average Bonchev–Trinajstić information content (AvgIpc) is 3.07. The molecule has 0 unspecified atom stereocenters. The van der Waals surface area contributed by atoms with E-state index in [1.54, 1.807) is 17.3 Å². The Hall–Kier alpha value is -1.96. The van der Waals surface area contributed by atoms with E-state index in [2.05, 4.69) is 18.8 Å². The Balaban J connectivity index is 3.03. The van der Waals surface area contributed by atoms with Crippen molar-refractivity contribution in [2.75, 3.05) is 7.05 Å². The van der Waals surface area contributed by atoms with Crippen LogP contribution >= 0.6 is 11.3 Å². The third-order valence-electron chi connectivity index (χ3n) is 4.69. The second kappa shape index (κ2) is 10.4. The van der Waals surface area contributed by atoms with Crippen LogP contribution < -0.4 is 5.73 Å². The molecule has 0 saturated heterocycles. The molecule has 0 fully saturated rings. The molecule has 1 rings (SSSR count). The molecule has 1 aromatic heterocycles. The van der Waals surface area contributed by atoms with E-state index >= 15 is 0 Å². The molecule has 0 spiro atoms. The molecule has 3 atom stereocenters. The van der Waals surface area contributed by atoms with Crippen molar-refractivity contribution >= 4 is 29.1 Å². The molecule has 152 valence electrons. The van der Waals surface area contributed by atoms with E-state index in [1.165, 1.54) is 18.3 Å². The second-order valence-corrected chi connectivity index (χ2v) is 8.19. The molecular formula is C19H31N3O4S. The van der Waals surface area contributed by atoms with E-state index in [1.807, 2.05) is 13.8 Å². The van der Waals surface area contributed by atoms with Gasteiger partial charge in [0.05, 0.1) is 0 Å². The predicted octanol–water partition coefficient (Wildman–Crippen LogP) is 3.16. The Kier molecular flexibility index (Phi) is 8.88. The van der Waals surface area contributed by atoms with Crippen molar-refractivity contribution in [1.82, 2.24) is 9.88 Å². The molecule has 0 aromatic carbocycles. The van der Waals surface area contributed by atoms with Crippen LogP contribution in [0.15, 0.2) is 5.38 Å². The van der Waals surface area contributed by atoms with Gasteiger partial charge in [0, 0.05) is 38.2 Å². The molecule has 0 bridgehead atoms. The number of hydrogen-bond acceptors (Lipinski definition) is 6. The van der Waals surface area contributed by atoms with Crippen LogP contribution in [0.4, 0.5) is 0 Å². The summed E-state index contributed by atoms with van der Waals surface area (Å²) in [6.07, 6.45) is 1.20. The number of nitrogens with two attached hydrogens (primary N) is 1. The molecule has 27 heavy (non-hydrogen) atoms. The number of aromatic nitrogens is 1. The number of hydrogen-bond donors (Lipinski definition) is 1. The highest BCUT2D eigenvalue weighted by Crippen LogP contribution is 2.30. The van der Waals surface area contributed by atoms with Crippen molar-refractivity contribution in [2.45, 2.75) is 66.0 Å². The molecule has 1 aromatic rings. The molecule has 0 radical (unpaired) electrons. The van der Waals surface area contributed by atoms with Gasteiger partial charge in [-0.2, -0.15) is 0 Å². The van der Waals surface area contributed by atoms with Gasteiger partial charge in [-0.05, 0) is 11.8 Å². The first-order valence-electron chi connectivity index (χ1n) is 9.24. The van der Waals surface area contributed by atoms with Gasteiger partial charge in [0.25, 0.3) is 5.91 Å². The lowest BCUT2D eigenvalue weighted by atomic mass is 9.95. The van der Waals surface area contributed by atoms with Crippen LogP contribution in [0.2, 0.25) is 0 Å². The molecule has 0 aliphatic carbocycles. The highest BCUT2D eigenvalue weighted by atomic mass is 32.1. The fraction of sp³-hybridized carbons (Fsp3) is 0.684. The third-order valence-corrected chi connectivity index (χ3v) is 5.63. The van der Waals surface area contributed by atoms with Crippen LogP contribution in [-0.4, -0.2) is 40.8 Å². The van der Waals surface area contributed by atoms with Gasteiger partial charge < -0.3 is 15.4 Å². The lowest BCUT2D eigenvalue weighted by molar-refractivity contribution is -0.148. The van der Waals surface area contributed by atoms with Gasteiger partial charge in [-0.25, -0.2) is 4.98 Å². The number of esters is 1. The normalized spacial score (nSPS) is 14.5. The fourth-order valence-corrected chi connectivity index (χ4v) is 3.66. The minimum atomic E-state index is -0.633. The highest BCUT2D eigenvalue weighted by molar-refractivity contribution is 7.09. The summed E-state index contributed by atoms with van der Waals surface area (Å²) in [6.45, 7) is 9.50. The zero-order valence-corrected chi connectivity index (χ0v) is 17.8. The van der Waals surface area contributed by atoms with Gasteiger partial charge in [0.15, 0.2) is 6.10 Å². The second-order valence-electron chi connectivity index (χ2n) is 7.30. The first-order valence-corrected chi connectivity index (χ1v) is 10.1. The first kappa shape index (κ1) is 23.1. The fourth-order valence-electron chi connectivity index (χ4n) is 2.82. The molecule has 0 aliphatic heterocycles. The third kappa shape index (κ3) is 6.93. The van der Waals surface area contributed by atoms with Crippen molar-refractivity contribution in [2.24, 2.45) is 17.6 Å². The lowest BCUT2D eigenvalue weighted by Crippen LogP contribution is -2.42.